The van der Waals surface area contributed by atoms with E-state index in [1.807, 2.05) is 30.2 Å². The van der Waals surface area contributed by atoms with Gasteiger partial charge in [0, 0.05) is 38.0 Å². The Bertz CT molecular complexity index is 705. The molecule has 7 heteroatoms. The molecule has 0 bridgehead atoms. The van der Waals surface area contributed by atoms with Crippen molar-refractivity contribution in [3.05, 3.63) is 30.4 Å². The Kier molecular flexibility index (Phi) is 4.57. The molecule has 7 nitrogen and oxygen atoms in total. The molecule has 1 saturated heterocycles. The summed E-state index contributed by atoms with van der Waals surface area (Å²) in [6.45, 7) is 2.13. The topological polar surface area (TPSA) is 79.1 Å². The van der Waals surface area contributed by atoms with Crippen molar-refractivity contribution in [3.8, 4) is 0 Å². The van der Waals surface area contributed by atoms with Crippen LogP contribution < -0.4 is 10.2 Å². The van der Waals surface area contributed by atoms with Crippen LogP contribution in [-0.4, -0.2) is 44.0 Å². The highest BCUT2D eigenvalue weighted by Gasteiger charge is 2.35. The van der Waals surface area contributed by atoms with Crippen LogP contribution >= 0.6 is 0 Å². The third-order valence-corrected chi connectivity index (χ3v) is 5.34. The van der Waals surface area contributed by atoms with Gasteiger partial charge in [0.25, 0.3) is 0 Å². The monoisotopic (exact) mass is 342 g/mol. The average molecular weight is 342 g/mol. The van der Waals surface area contributed by atoms with Gasteiger partial charge in [-0.05, 0) is 38.0 Å². The van der Waals surface area contributed by atoms with E-state index in [0.717, 1.165) is 43.1 Å². The highest BCUT2D eigenvalue weighted by atomic mass is 16.3. The summed E-state index contributed by atoms with van der Waals surface area (Å²) >= 11 is 0. The molecule has 2 aromatic heterocycles. The normalized spacial score (nSPS) is 24.6. The molecule has 1 aliphatic carbocycles. The van der Waals surface area contributed by atoms with Crippen molar-refractivity contribution < 1.29 is 5.11 Å². The summed E-state index contributed by atoms with van der Waals surface area (Å²) in [5.41, 5.74) is 1.14. The van der Waals surface area contributed by atoms with Gasteiger partial charge in [-0.25, -0.2) is 9.97 Å². The molecule has 2 N–H and O–H groups in total. The molecule has 2 fully saturated rings. The smallest absolute Gasteiger partial charge is 0.134 e. The minimum absolute atomic E-state index is 0.112. The summed E-state index contributed by atoms with van der Waals surface area (Å²) in [4.78, 5) is 11.2. The van der Waals surface area contributed by atoms with Crippen LogP contribution in [0.2, 0.25) is 0 Å². The van der Waals surface area contributed by atoms with Gasteiger partial charge in [0.15, 0.2) is 0 Å². The Morgan fingerprint density at radius 1 is 1.20 bits per heavy atom. The van der Waals surface area contributed by atoms with Crippen LogP contribution in [0, 0.1) is 5.92 Å². The molecule has 0 amide bonds. The van der Waals surface area contributed by atoms with Gasteiger partial charge in [0.05, 0.1) is 18.3 Å². The molecule has 0 aromatic carbocycles. The standard InChI is InChI=1S/C18H26N6O/c1-23-11-14(10-21-23)18(13-7-15(25)8-13)22-16-9-17(20-12-19-16)24-5-3-2-4-6-24/h9-13,15,18,25H,2-8H2,1H3,(H,19,20,22)/t13?,15?,18-/m0/s1. The number of nitrogens with zero attached hydrogens (tertiary/aromatic N) is 5. The van der Waals surface area contributed by atoms with Gasteiger partial charge in [-0.15, -0.1) is 0 Å². The predicted octanol–water partition coefficient (Wildman–Crippen LogP) is 2.12. The molecule has 0 spiro atoms. The summed E-state index contributed by atoms with van der Waals surface area (Å²) in [6.07, 6.45) is 10.8. The SMILES string of the molecule is Cn1cc([C@@H](Nc2cc(N3CCCCC3)ncn2)C2CC(O)C2)cn1. The number of nitrogens with one attached hydrogen (secondary N) is 1. The van der Waals surface area contributed by atoms with Crippen molar-refractivity contribution in [1.29, 1.82) is 0 Å². The largest absolute Gasteiger partial charge is 0.393 e. The fourth-order valence-electron chi connectivity index (χ4n) is 3.86. The van der Waals surface area contributed by atoms with Gasteiger partial charge in [-0.2, -0.15) is 5.10 Å². The number of aromatic nitrogens is 4. The lowest BCUT2D eigenvalue weighted by molar-refractivity contribution is 0.0339. The molecule has 134 valence electrons. The molecule has 1 saturated carbocycles. The van der Waals surface area contributed by atoms with Crippen LogP contribution in [-0.2, 0) is 7.05 Å². The predicted molar refractivity (Wildman–Crippen MR) is 96.4 cm³/mol. The second-order valence-electron chi connectivity index (χ2n) is 7.26. The first-order valence-corrected chi connectivity index (χ1v) is 9.19. The second-order valence-corrected chi connectivity index (χ2v) is 7.26. The maximum absolute atomic E-state index is 9.72. The maximum Gasteiger partial charge on any atom is 0.134 e. The maximum atomic E-state index is 9.72. The Balaban J connectivity index is 1.53. The van der Waals surface area contributed by atoms with Crippen molar-refractivity contribution in [2.24, 2.45) is 13.0 Å². The molecule has 1 aliphatic heterocycles. The van der Waals surface area contributed by atoms with Crippen LogP contribution in [0.5, 0.6) is 0 Å². The van der Waals surface area contributed by atoms with E-state index >= 15 is 0 Å². The van der Waals surface area contributed by atoms with Crippen LogP contribution in [0.15, 0.2) is 24.8 Å². The molecule has 4 rings (SSSR count). The van der Waals surface area contributed by atoms with E-state index < -0.39 is 0 Å². The van der Waals surface area contributed by atoms with Crippen LogP contribution in [0.1, 0.15) is 43.7 Å². The van der Waals surface area contributed by atoms with Crippen LogP contribution in [0.4, 0.5) is 11.6 Å². The fraction of sp³-hybridized carbons (Fsp3) is 0.611. The van der Waals surface area contributed by atoms with E-state index in [1.54, 1.807) is 6.33 Å². The number of rotatable bonds is 5. The first kappa shape index (κ1) is 16.3. The Morgan fingerprint density at radius 3 is 2.68 bits per heavy atom. The number of hydrogen-bond donors (Lipinski definition) is 2. The quantitative estimate of drug-likeness (QED) is 0.866. The summed E-state index contributed by atoms with van der Waals surface area (Å²) in [7, 11) is 1.93. The van der Waals surface area contributed by atoms with Crippen LogP contribution in [0.3, 0.4) is 0 Å². The zero-order valence-electron chi connectivity index (χ0n) is 14.7. The van der Waals surface area contributed by atoms with E-state index in [9.17, 15) is 5.11 Å². The van der Waals surface area contributed by atoms with Crippen molar-refractivity contribution in [2.75, 3.05) is 23.3 Å². The average Bonchev–Trinajstić information content (AvgIpc) is 3.04. The number of anilines is 2. The molecule has 3 heterocycles. The fourth-order valence-corrected chi connectivity index (χ4v) is 3.86. The number of aryl methyl sites for hydroxylation is 1. The Morgan fingerprint density at radius 2 is 2.00 bits per heavy atom. The summed E-state index contributed by atoms with van der Waals surface area (Å²) in [5, 5.41) is 17.6. The second kappa shape index (κ2) is 7.00. The van der Waals surface area contributed by atoms with Gasteiger partial charge < -0.3 is 15.3 Å². The molecule has 0 unspecified atom stereocenters. The van der Waals surface area contributed by atoms with Crippen molar-refractivity contribution >= 4 is 11.6 Å². The first-order chi connectivity index (χ1) is 12.2. The van der Waals surface area contributed by atoms with Crippen molar-refractivity contribution in [2.45, 2.75) is 44.2 Å². The Labute approximate surface area is 148 Å². The zero-order chi connectivity index (χ0) is 17.2. The van der Waals surface area contributed by atoms with Crippen molar-refractivity contribution in [1.82, 2.24) is 19.7 Å². The molecule has 0 radical (unpaired) electrons. The summed E-state index contributed by atoms with van der Waals surface area (Å²) in [6, 6.07) is 2.16. The van der Waals surface area contributed by atoms with Gasteiger partial charge in [0.1, 0.15) is 18.0 Å². The molecule has 1 atom stereocenters. The van der Waals surface area contributed by atoms with Gasteiger partial charge in [0.2, 0.25) is 0 Å². The highest BCUT2D eigenvalue weighted by Crippen LogP contribution is 2.39. The molecule has 2 aromatic rings. The molecule has 2 aliphatic rings. The third kappa shape index (κ3) is 3.61. The molecular weight excluding hydrogens is 316 g/mol. The lowest BCUT2D eigenvalue weighted by Gasteiger charge is -2.38. The minimum atomic E-state index is -0.180. The van der Waals surface area contributed by atoms with Gasteiger partial charge in [-0.3, -0.25) is 4.68 Å². The van der Waals surface area contributed by atoms with E-state index in [2.05, 4.69) is 25.3 Å². The first-order valence-electron chi connectivity index (χ1n) is 9.19. The van der Waals surface area contributed by atoms with E-state index in [4.69, 9.17) is 0 Å². The number of piperidine rings is 1. The summed E-state index contributed by atoms with van der Waals surface area (Å²) in [5.74, 6) is 2.23. The van der Waals surface area contributed by atoms with Gasteiger partial charge >= 0.3 is 0 Å². The van der Waals surface area contributed by atoms with E-state index in [-0.39, 0.29) is 12.1 Å². The molecule has 25 heavy (non-hydrogen) atoms. The molecular formula is C18H26N6O. The number of aliphatic hydroxyl groups is 1. The third-order valence-electron chi connectivity index (χ3n) is 5.34. The Hall–Kier alpha value is -2.15. The number of hydrogen-bond acceptors (Lipinski definition) is 6. The minimum Gasteiger partial charge on any atom is -0.393 e. The highest BCUT2D eigenvalue weighted by molar-refractivity contribution is 5.50. The zero-order valence-corrected chi connectivity index (χ0v) is 14.7. The van der Waals surface area contributed by atoms with E-state index in [0.29, 0.717) is 5.92 Å². The van der Waals surface area contributed by atoms with Gasteiger partial charge in [-0.1, -0.05) is 0 Å². The van der Waals surface area contributed by atoms with Crippen molar-refractivity contribution in [3.63, 3.8) is 0 Å². The van der Waals surface area contributed by atoms with Crippen LogP contribution in [0.25, 0.3) is 0 Å². The summed E-state index contributed by atoms with van der Waals surface area (Å²) < 4.78 is 1.82. The van der Waals surface area contributed by atoms with E-state index in [1.165, 1.54) is 19.3 Å². The lowest BCUT2D eigenvalue weighted by atomic mass is 9.75. The lowest BCUT2D eigenvalue weighted by Crippen LogP contribution is -2.36. The number of aliphatic hydroxyl groups excluding tert-OH is 1.